The second kappa shape index (κ2) is 8.35. The van der Waals surface area contributed by atoms with Gasteiger partial charge >= 0.3 is 6.36 Å². The average Bonchev–Trinajstić information content (AvgIpc) is 3.22. The Labute approximate surface area is 177 Å². The van der Waals surface area contributed by atoms with Crippen molar-refractivity contribution in [2.24, 2.45) is 7.05 Å². The number of alkyl halides is 3. The van der Waals surface area contributed by atoms with E-state index in [0.717, 1.165) is 32.7 Å². The summed E-state index contributed by atoms with van der Waals surface area (Å²) >= 11 is 0. The van der Waals surface area contributed by atoms with Gasteiger partial charge in [-0.2, -0.15) is 5.10 Å². The molecule has 10 heteroatoms. The molecule has 0 saturated carbocycles. The summed E-state index contributed by atoms with van der Waals surface area (Å²) < 4.78 is 45.2. The SMILES string of the molecule is CCN1CCN(Cc2ccc(-c3cn(C)c(=O)c4[nH]ncc34)cc2OC(F)(F)F)CC1. The number of fused-ring (bicyclic) bond motifs is 1. The standard InChI is InChI=1S/C21H24F3N5O2/c1-3-28-6-8-29(9-7-28)12-15-5-4-14(10-18(15)31-21(22,23)24)17-13-27(2)20(30)19-16(17)11-25-26-19/h4-5,10-11,13H,3,6-9,12H2,1-2H3,(H,25,26). The van der Waals surface area contributed by atoms with Crippen LogP contribution in [0.15, 0.2) is 35.4 Å². The number of halogens is 3. The van der Waals surface area contributed by atoms with Crippen LogP contribution < -0.4 is 10.3 Å². The molecule has 31 heavy (non-hydrogen) atoms. The highest BCUT2D eigenvalue weighted by Crippen LogP contribution is 2.34. The number of benzene rings is 1. The Kier molecular flexibility index (Phi) is 5.76. The Hall–Kier alpha value is -2.85. The van der Waals surface area contributed by atoms with Gasteiger partial charge in [0.1, 0.15) is 11.3 Å². The van der Waals surface area contributed by atoms with Gasteiger partial charge in [0, 0.05) is 62.5 Å². The van der Waals surface area contributed by atoms with Crippen LogP contribution in [0.2, 0.25) is 0 Å². The van der Waals surface area contributed by atoms with Crippen molar-refractivity contribution in [2.75, 3.05) is 32.7 Å². The summed E-state index contributed by atoms with van der Waals surface area (Å²) in [5.74, 6) is -0.228. The van der Waals surface area contributed by atoms with Gasteiger partial charge in [-0.05, 0) is 18.2 Å². The summed E-state index contributed by atoms with van der Waals surface area (Å²) in [6.45, 7) is 6.79. The zero-order valence-corrected chi connectivity index (χ0v) is 17.4. The second-order valence-corrected chi connectivity index (χ2v) is 7.70. The van der Waals surface area contributed by atoms with Crippen LogP contribution in [0.4, 0.5) is 13.2 Å². The highest BCUT2D eigenvalue weighted by molar-refractivity contribution is 5.93. The molecule has 1 saturated heterocycles. The van der Waals surface area contributed by atoms with E-state index in [0.29, 0.717) is 34.1 Å². The predicted molar refractivity (Wildman–Crippen MR) is 111 cm³/mol. The molecule has 0 aliphatic carbocycles. The molecule has 1 aromatic carbocycles. The van der Waals surface area contributed by atoms with Gasteiger partial charge < -0.3 is 14.2 Å². The Bertz CT molecular complexity index is 1130. The number of likely N-dealkylation sites (N-methyl/N-ethyl adjacent to an activating group) is 1. The number of pyridine rings is 1. The van der Waals surface area contributed by atoms with E-state index in [-0.39, 0.29) is 11.3 Å². The number of hydrogen-bond donors (Lipinski definition) is 1. The summed E-state index contributed by atoms with van der Waals surface area (Å²) in [6, 6.07) is 4.81. The van der Waals surface area contributed by atoms with Crippen molar-refractivity contribution in [2.45, 2.75) is 19.8 Å². The van der Waals surface area contributed by atoms with E-state index in [2.05, 4.69) is 31.7 Å². The van der Waals surface area contributed by atoms with E-state index in [1.165, 1.54) is 16.8 Å². The molecule has 0 bridgehead atoms. The van der Waals surface area contributed by atoms with Crippen LogP contribution in [-0.4, -0.2) is 63.7 Å². The smallest absolute Gasteiger partial charge is 0.405 e. The maximum absolute atomic E-state index is 13.1. The van der Waals surface area contributed by atoms with E-state index in [9.17, 15) is 18.0 Å². The molecule has 3 aromatic rings. The van der Waals surface area contributed by atoms with E-state index in [1.54, 1.807) is 25.4 Å². The molecule has 3 heterocycles. The van der Waals surface area contributed by atoms with Crippen molar-refractivity contribution >= 4 is 10.9 Å². The zero-order chi connectivity index (χ0) is 22.2. The van der Waals surface area contributed by atoms with Crippen LogP contribution in [0.25, 0.3) is 22.0 Å². The van der Waals surface area contributed by atoms with Crippen LogP contribution in [0.5, 0.6) is 5.75 Å². The number of aromatic amines is 1. The van der Waals surface area contributed by atoms with Crippen LogP contribution in [0.1, 0.15) is 12.5 Å². The Morgan fingerprint density at radius 3 is 2.55 bits per heavy atom. The number of nitrogens with one attached hydrogen (secondary N) is 1. The minimum Gasteiger partial charge on any atom is -0.405 e. The highest BCUT2D eigenvalue weighted by Gasteiger charge is 2.32. The molecule has 0 amide bonds. The molecule has 0 unspecified atom stereocenters. The van der Waals surface area contributed by atoms with E-state index < -0.39 is 6.36 Å². The van der Waals surface area contributed by atoms with Gasteiger partial charge in [-0.25, -0.2) is 0 Å². The molecule has 2 aromatic heterocycles. The minimum absolute atomic E-state index is 0.228. The lowest BCUT2D eigenvalue weighted by Crippen LogP contribution is -2.45. The number of ether oxygens (including phenoxy) is 1. The number of hydrogen-bond acceptors (Lipinski definition) is 5. The lowest BCUT2D eigenvalue weighted by Gasteiger charge is -2.34. The number of aromatic nitrogens is 3. The van der Waals surface area contributed by atoms with Gasteiger partial charge in [-0.3, -0.25) is 14.8 Å². The molecular weight excluding hydrogens is 411 g/mol. The third kappa shape index (κ3) is 4.59. The van der Waals surface area contributed by atoms with Crippen LogP contribution in [0.3, 0.4) is 0 Å². The maximum atomic E-state index is 13.1. The van der Waals surface area contributed by atoms with E-state index >= 15 is 0 Å². The number of piperazine rings is 1. The molecule has 0 spiro atoms. The molecule has 4 rings (SSSR count). The molecule has 1 N–H and O–H groups in total. The Morgan fingerprint density at radius 1 is 1.16 bits per heavy atom. The van der Waals surface area contributed by atoms with Gasteiger partial charge in [0.25, 0.3) is 5.56 Å². The number of aryl methyl sites for hydroxylation is 1. The lowest BCUT2D eigenvalue weighted by molar-refractivity contribution is -0.275. The number of nitrogens with zero attached hydrogens (tertiary/aromatic N) is 4. The first kappa shape index (κ1) is 21.4. The maximum Gasteiger partial charge on any atom is 0.573 e. The predicted octanol–water partition coefficient (Wildman–Crippen LogP) is 2.96. The second-order valence-electron chi connectivity index (χ2n) is 7.70. The summed E-state index contributed by atoms with van der Waals surface area (Å²) in [5.41, 5.74) is 1.63. The first-order valence-corrected chi connectivity index (χ1v) is 10.1. The van der Waals surface area contributed by atoms with Crippen molar-refractivity contribution in [1.82, 2.24) is 24.6 Å². The first-order chi connectivity index (χ1) is 14.7. The third-order valence-corrected chi connectivity index (χ3v) is 5.70. The van der Waals surface area contributed by atoms with Crippen molar-refractivity contribution in [3.8, 4) is 16.9 Å². The topological polar surface area (TPSA) is 66.4 Å². The molecular formula is C21H24F3N5O2. The van der Waals surface area contributed by atoms with E-state index in [1.807, 2.05) is 0 Å². The average molecular weight is 435 g/mol. The van der Waals surface area contributed by atoms with Gasteiger partial charge in [0.05, 0.1) is 6.20 Å². The first-order valence-electron chi connectivity index (χ1n) is 10.1. The van der Waals surface area contributed by atoms with Gasteiger partial charge in [0.2, 0.25) is 0 Å². The van der Waals surface area contributed by atoms with Crippen molar-refractivity contribution in [3.63, 3.8) is 0 Å². The summed E-state index contributed by atoms with van der Waals surface area (Å²) in [6.07, 6.45) is -1.71. The van der Waals surface area contributed by atoms with Gasteiger partial charge in [-0.15, -0.1) is 13.2 Å². The van der Waals surface area contributed by atoms with Crippen LogP contribution in [-0.2, 0) is 13.6 Å². The third-order valence-electron chi connectivity index (χ3n) is 5.70. The summed E-state index contributed by atoms with van der Waals surface area (Å²) in [4.78, 5) is 16.7. The molecule has 1 fully saturated rings. The van der Waals surface area contributed by atoms with Crippen molar-refractivity contribution in [1.29, 1.82) is 0 Å². The molecule has 0 atom stereocenters. The summed E-state index contributed by atoms with van der Waals surface area (Å²) in [7, 11) is 1.59. The molecule has 7 nitrogen and oxygen atoms in total. The fraction of sp³-hybridized carbons (Fsp3) is 0.429. The van der Waals surface area contributed by atoms with Gasteiger partial charge in [0.15, 0.2) is 0 Å². The highest BCUT2D eigenvalue weighted by atomic mass is 19.4. The van der Waals surface area contributed by atoms with Crippen LogP contribution in [0, 0.1) is 0 Å². The Morgan fingerprint density at radius 2 is 1.87 bits per heavy atom. The van der Waals surface area contributed by atoms with Crippen LogP contribution >= 0.6 is 0 Å². The zero-order valence-electron chi connectivity index (χ0n) is 17.4. The number of rotatable bonds is 5. The largest absolute Gasteiger partial charge is 0.573 e. The quantitative estimate of drug-likeness (QED) is 0.668. The molecule has 1 aliphatic heterocycles. The minimum atomic E-state index is -4.80. The normalized spacial score (nSPS) is 16.2. The summed E-state index contributed by atoms with van der Waals surface area (Å²) in [5, 5.41) is 7.13. The lowest BCUT2D eigenvalue weighted by atomic mass is 10.0. The fourth-order valence-corrected chi connectivity index (χ4v) is 3.96. The fourth-order valence-electron chi connectivity index (χ4n) is 3.96. The Balaban J connectivity index is 1.70. The van der Waals surface area contributed by atoms with Crippen molar-refractivity contribution in [3.05, 3.63) is 46.5 Å². The molecule has 166 valence electrons. The molecule has 0 radical (unpaired) electrons. The molecule has 1 aliphatic rings. The monoisotopic (exact) mass is 435 g/mol. The van der Waals surface area contributed by atoms with E-state index in [4.69, 9.17) is 0 Å². The number of H-pyrrole nitrogens is 1. The van der Waals surface area contributed by atoms with Crippen molar-refractivity contribution < 1.29 is 17.9 Å². The van der Waals surface area contributed by atoms with Gasteiger partial charge in [-0.1, -0.05) is 19.1 Å².